The number of carbonyl (C=O) groups is 1. The molecule has 2 aromatic heterocycles. The summed E-state index contributed by atoms with van der Waals surface area (Å²) in [7, 11) is 0. The van der Waals surface area contributed by atoms with E-state index < -0.39 is 5.54 Å². The molecular weight excluding hydrogens is 464 g/mol. The number of benzene rings is 1. The highest BCUT2D eigenvalue weighted by atomic mass is 16.5. The zero-order valence-electron chi connectivity index (χ0n) is 21.4. The fraction of sp³-hybridized carbons (Fsp3) is 0.560. The second-order valence-corrected chi connectivity index (χ2v) is 8.96. The van der Waals surface area contributed by atoms with Crippen LogP contribution in [-0.2, 0) is 36.9 Å². The highest BCUT2D eigenvalue weighted by Crippen LogP contribution is 2.30. The Bertz CT molecular complexity index is 1130. The van der Waals surface area contributed by atoms with Crippen LogP contribution in [0.4, 0.5) is 5.82 Å². The molecular formula is C25H38N6O5. The number of aromatic nitrogens is 3. The molecule has 0 aliphatic carbocycles. The van der Waals surface area contributed by atoms with Crippen LogP contribution in [0, 0.1) is 0 Å². The number of ether oxygens (including phenoxy) is 4. The molecule has 0 saturated carbocycles. The zero-order valence-corrected chi connectivity index (χ0v) is 21.4. The maximum Gasteiger partial charge on any atom is 0.246 e. The number of nitrogen functional groups attached to an aromatic ring is 1. The van der Waals surface area contributed by atoms with Crippen molar-refractivity contribution >= 4 is 33.7 Å². The van der Waals surface area contributed by atoms with Crippen molar-refractivity contribution in [2.45, 2.75) is 39.5 Å². The maximum atomic E-state index is 12.6. The number of nitrogens with one attached hydrogen (secondary N) is 1. The molecule has 0 unspecified atom stereocenters. The van der Waals surface area contributed by atoms with Crippen LogP contribution in [-0.4, -0.2) is 78.8 Å². The van der Waals surface area contributed by atoms with Gasteiger partial charge in [-0.05, 0) is 26.8 Å². The maximum absolute atomic E-state index is 12.6. The van der Waals surface area contributed by atoms with E-state index >= 15 is 0 Å². The Kier molecular flexibility index (Phi) is 10.4. The standard InChI is InChI=1S/C25H38N6O5/c1-4-33-15-20-29-22-23(18-7-5-6-8-19(18)28-24(22)27)31(20)17-25(2,3)30-21(32)16-36-14-13-35-12-11-34-10-9-26/h5-8H,4,9-17,26H2,1-3H3,(H2,27,28)(H,30,32). The van der Waals surface area contributed by atoms with Gasteiger partial charge >= 0.3 is 0 Å². The number of pyridine rings is 1. The summed E-state index contributed by atoms with van der Waals surface area (Å²) in [5, 5.41) is 4.00. The predicted octanol–water partition coefficient (Wildman–Crippen LogP) is 1.61. The molecule has 1 amide bonds. The van der Waals surface area contributed by atoms with E-state index in [1.165, 1.54) is 0 Å². The Balaban J connectivity index is 1.65. The van der Waals surface area contributed by atoms with Gasteiger partial charge in [0.05, 0.1) is 49.6 Å². The number of fused-ring (bicyclic) bond motifs is 3. The van der Waals surface area contributed by atoms with Crippen LogP contribution in [0.15, 0.2) is 24.3 Å². The highest BCUT2D eigenvalue weighted by Gasteiger charge is 2.26. The Labute approximate surface area is 211 Å². The lowest BCUT2D eigenvalue weighted by molar-refractivity contribution is -0.128. The van der Waals surface area contributed by atoms with Crippen LogP contribution in [0.1, 0.15) is 26.6 Å². The third-order valence-electron chi connectivity index (χ3n) is 5.40. The number of carbonyl (C=O) groups excluding carboxylic acids is 1. The SMILES string of the molecule is CCOCc1nc2c(N)nc3ccccc3c2n1CC(C)(C)NC(=O)COCCOCCOCCN. The number of hydrogen-bond donors (Lipinski definition) is 3. The van der Waals surface area contributed by atoms with Gasteiger partial charge in [0.15, 0.2) is 5.82 Å². The van der Waals surface area contributed by atoms with Crippen LogP contribution in [0.25, 0.3) is 21.9 Å². The fourth-order valence-corrected chi connectivity index (χ4v) is 3.92. The van der Waals surface area contributed by atoms with Crippen molar-refractivity contribution in [2.75, 3.05) is 58.5 Å². The predicted molar refractivity (Wildman–Crippen MR) is 139 cm³/mol. The largest absolute Gasteiger partial charge is 0.382 e. The molecule has 1 aromatic carbocycles. The van der Waals surface area contributed by atoms with Crippen molar-refractivity contribution < 1.29 is 23.7 Å². The molecule has 36 heavy (non-hydrogen) atoms. The second-order valence-electron chi connectivity index (χ2n) is 8.96. The van der Waals surface area contributed by atoms with Gasteiger partial charge in [-0.2, -0.15) is 0 Å². The summed E-state index contributed by atoms with van der Waals surface area (Å²) in [5.41, 5.74) is 13.3. The molecule has 0 radical (unpaired) electrons. The quantitative estimate of drug-likeness (QED) is 0.248. The van der Waals surface area contributed by atoms with Gasteiger partial charge < -0.3 is 40.3 Å². The first-order valence-electron chi connectivity index (χ1n) is 12.2. The first-order chi connectivity index (χ1) is 17.4. The normalized spacial score (nSPS) is 12.0. The van der Waals surface area contributed by atoms with Crippen molar-refractivity contribution in [3.63, 3.8) is 0 Å². The summed E-state index contributed by atoms with van der Waals surface area (Å²) < 4.78 is 23.8. The van der Waals surface area contributed by atoms with Gasteiger partial charge in [0, 0.05) is 25.1 Å². The molecule has 0 aliphatic rings. The van der Waals surface area contributed by atoms with Gasteiger partial charge in [0.1, 0.15) is 24.6 Å². The van der Waals surface area contributed by atoms with Crippen LogP contribution >= 0.6 is 0 Å². The fourth-order valence-electron chi connectivity index (χ4n) is 3.92. The van der Waals surface area contributed by atoms with E-state index in [1.807, 2.05) is 45.0 Å². The lowest BCUT2D eigenvalue weighted by Crippen LogP contribution is -2.48. The van der Waals surface area contributed by atoms with Gasteiger partial charge in [-0.25, -0.2) is 9.97 Å². The Hall–Kier alpha value is -2.83. The number of rotatable bonds is 16. The number of para-hydroxylation sites is 1. The molecule has 0 spiro atoms. The minimum Gasteiger partial charge on any atom is -0.382 e. The third-order valence-corrected chi connectivity index (χ3v) is 5.40. The van der Waals surface area contributed by atoms with Crippen LogP contribution in [0.2, 0.25) is 0 Å². The first-order valence-corrected chi connectivity index (χ1v) is 12.2. The van der Waals surface area contributed by atoms with E-state index in [-0.39, 0.29) is 12.5 Å². The average molecular weight is 503 g/mol. The minimum atomic E-state index is -0.606. The average Bonchev–Trinajstić information content (AvgIpc) is 3.19. The molecule has 0 atom stereocenters. The third kappa shape index (κ3) is 7.58. The molecule has 2 heterocycles. The highest BCUT2D eigenvalue weighted by molar-refractivity contribution is 6.06. The number of nitrogens with two attached hydrogens (primary N) is 2. The minimum absolute atomic E-state index is 0.0628. The van der Waals surface area contributed by atoms with E-state index in [0.717, 1.165) is 22.2 Å². The number of imidazole rings is 1. The van der Waals surface area contributed by atoms with Crippen molar-refractivity contribution in [3.8, 4) is 0 Å². The van der Waals surface area contributed by atoms with Crippen molar-refractivity contribution in [1.29, 1.82) is 0 Å². The lowest BCUT2D eigenvalue weighted by atomic mass is 10.0. The first kappa shape index (κ1) is 27.8. The van der Waals surface area contributed by atoms with Crippen molar-refractivity contribution in [3.05, 3.63) is 30.1 Å². The molecule has 11 nitrogen and oxygen atoms in total. The van der Waals surface area contributed by atoms with E-state index in [1.54, 1.807) is 0 Å². The molecule has 11 heteroatoms. The summed E-state index contributed by atoms with van der Waals surface area (Å²) in [6.07, 6.45) is 0. The van der Waals surface area contributed by atoms with Gasteiger partial charge in [0.2, 0.25) is 5.91 Å². The summed E-state index contributed by atoms with van der Waals surface area (Å²) in [5.74, 6) is 0.875. The van der Waals surface area contributed by atoms with Crippen molar-refractivity contribution in [2.24, 2.45) is 5.73 Å². The molecule has 0 saturated heterocycles. The molecule has 5 N–H and O–H groups in total. The molecule has 198 valence electrons. The summed E-state index contributed by atoms with van der Waals surface area (Å²) in [6, 6.07) is 7.80. The van der Waals surface area contributed by atoms with Crippen LogP contribution < -0.4 is 16.8 Å². The number of nitrogens with zero attached hydrogens (tertiary/aromatic N) is 3. The van der Waals surface area contributed by atoms with Gasteiger partial charge in [-0.1, -0.05) is 18.2 Å². The molecule has 0 bridgehead atoms. The lowest BCUT2D eigenvalue weighted by Gasteiger charge is -2.28. The number of anilines is 1. The molecule has 3 aromatic rings. The second kappa shape index (κ2) is 13.5. The van der Waals surface area contributed by atoms with E-state index in [4.69, 9.17) is 35.4 Å². The topological polar surface area (TPSA) is 149 Å². The van der Waals surface area contributed by atoms with Gasteiger partial charge in [-0.15, -0.1) is 0 Å². The zero-order chi connectivity index (χ0) is 26.0. The number of amides is 1. The van der Waals surface area contributed by atoms with Crippen molar-refractivity contribution in [1.82, 2.24) is 19.9 Å². The monoisotopic (exact) mass is 502 g/mol. The van der Waals surface area contributed by atoms with Crippen LogP contribution in [0.5, 0.6) is 0 Å². The van der Waals surface area contributed by atoms with Crippen LogP contribution in [0.3, 0.4) is 0 Å². The Morgan fingerprint density at radius 1 is 1.03 bits per heavy atom. The van der Waals surface area contributed by atoms with E-state index in [9.17, 15) is 4.79 Å². The summed E-state index contributed by atoms with van der Waals surface area (Å²) in [6.45, 7) is 9.75. The summed E-state index contributed by atoms with van der Waals surface area (Å²) >= 11 is 0. The van der Waals surface area contributed by atoms with E-state index in [2.05, 4.69) is 14.9 Å². The summed E-state index contributed by atoms with van der Waals surface area (Å²) in [4.78, 5) is 21.9. The smallest absolute Gasteiger partial charge is 0.246 e. The van der Waals surface area contributed by atoms with Gasteiger partial charge in [-0.3, -0.25) is 4.79 Å². The molecule has 0 fully saturated rings. The van der Waals surface area contributed by atoms with E-state index in [0.29, 0.717) is 70.7 Å². The Morgan fingerprint density at radius 3 is 2.44 bits per heavy atom. The molecule has 3 rings (SSSR count). The van der Waals surface area contributed by atoms with Gasteiger partial charge in [0.25, 0.3) is 0 Å². The number of hydrogen-bond acceptors (Lipinski definition) is 9. The molecule has 0 aliphatic heterocycles. The Morgan fingerprint density at radius 2 is 1.72 bits per heavy atom.